The molecule has 0 aliphatic heterocycles. The molecule has 1 N–H and O–H groups in total. The molecule has 3 aromatic rings. The van der Waals surface area contributed by atoms with E-state index < -0.39 is 15.3 Å². The second-order valence-corrected chi connectivity index (χ2v) is 11.0. The number of aromatic nitrogens is 2. The van der Waals surface area contributed by atoms with E-state index in [0.29, 0.717) is 5.92 Å². The first-order valence-electron chi connectivity index (χ1n) is 10.3. The summed E-state index contributed by atoms with van der Waals surface area (Å²) in [5, 5.41) is 0.814. The molecular weight excluding hydrogens is 382 g/mol. The van der Waals surface area contributed by atoms with E-state index in [2.05, 4.69) is 52.5 Å². The van der Waals surface area contributed by atoms with Crippen molar-refractivity contribution in [2.24, 2.45) is 5.92 Å². The minimum atomic E-state index is -3.25. The van der Waals surface area contributed by atoms with Crippen molar-refractivity contribution in [1.82, 2.24) is 14.3 Å². The molecule has 6 heteroatoms. The van der Waals surface area contributed by atoms with Crippen LogP contribution in [-0.4, -0.2) is 29.3 Å². The zero-order valence-corrected chi connectivity index (χ0v) is 18.3. The summed E-state index contributed by atoms with van der Waals surface area (Å²) in [6.45, 7) is 8.80. The predicted molar refractivity (Wildman–Crippen MR) is 118 cm³/mol. The van der Waals surface area contributed by atoms with Crippen molar-refractivity contribution in [3.63, 3.8) is 0 Å². The number of nitrogens with one attached hydrogen (secondary N) is 1. The molecule has 1 fully saturated rings. The largest absolute Gasteiger partial charge is 0.347 e. The molecule has 0 radical (unpaired) electrons. The number of rotatable bonds is 7. The van der Waals surface area contributed by atoms with Crippen LogP contribution >= 0.6 is 0 Å². The Balaban J connectivity index is 1.70. The SMILES string of the molecule is CC(C)Cn1cc([C@@H]2C[C@H]2NS(=O)(=O)C(C)C)c2ccc(-c3ccncc3)cc21. The van der Waals surface area contributed by atoms with Crippen LogP contribution in [0.3, 0.4) is 0 Å². The van der Waals surface area contributed by atoms with Gasteiger partial charge in [-0.2, -0.15) is 0 Å². The van der Waals surface area contributed by atoms with Crippen molar-refractivity contribution in [2.45, 2.75) is 57.9 Å². The normalized spacial score (nSPS) is 19.4. The second kappa shape index (κ2) is 7.58. The summed E-state index contributed by atoms with van der Waals surface area (Å²) < 4.78 is 29.7. The minimum Gasteiger partial charge on any atom is -0.347 e. The third-order valence-corrected chi connectivity index (χ3v) is 7.49. The van der Waals surface area contributed by atoms with Crippen molar-refractivity contribution in [3.8, 4) is 11.1 Å². The topological polar surface area (TPSA) is 64.0 Å². The zero-order valence-electron chi connectivity index (χ0n) is 17.5. The number of pyridine rings is 1. The van der Waals surface area contributed by atoms with E-state index in [-0.39, 0.29) is 12.0 Å². The van der Waals surface area contributed by atoms with Gasteiger partial charge < -0.3 is 4.57 Å². The standard InChI is InChI=1S/C23H29N3O2S/c1-15(2)13-26-14-21(20-12-22(20)25-29(27,28)16(3)4)19-6-5-18(11-23(19)26)17-7-9-24-10-8-17/h5-11,14-16,20,22,25H,12-13H2,1-4H3/t20-,22+/m0/s1. The molecule has 2 aromatic heterocycles. The highest BCUT2D eigenvalue weighted by molar-refractivity contribution is 7.90. The summed E-state index contributed by atoms with van der Waals surface area (Å²) in [5.41, 5.74) is 4.77. The highest BCUT2D eigenvalue weighted by Gasteiger charge is 2.43. The molecule has 0 saturated heterocycles. The third kappa shape index (κ3) is 4.09. The van der Waals surface area contributed by atoms with Crippen molar-refractivity contribution in [2.75, 3.05) is 0 Å². The monoisotopic (exact) mass is 411 g/mol. The number of hydrogen-bond donors (Lipinski definition) is 1. The molecule has 4 rings (SSSR count). The number of sulfonamides is 1. The summed E-state index contributed by atoms with van der Waals surface area (Å²) in [4.78, 5) is 4.11. The third-order valence-electron chi connectivity index (χ3n) is 5.61. The highest BCUT2D eigenvalue weighted by atomic mass is 32.2. The Morgan fingerprint density at radius 3 is 2.48 bits per heavy atom. The van der Waals surface area contributed by atoms with Gasteiger partial charge in [0.1, 0.15) is 0 Å². The lowest BCUT2D eigenvalue weighted by Gasteiger charge is -2.09. The molecule has 1 saturated carbocycles. The molecule has 0 amide bonds. The molecular formula is C23H29N3O2S. The van der Waals surface area contributed by atoms with Gasteiger partial charge in [-0.3, -0.25) is 4.98 Å². The van der Waals surface area contributed by atoms with Crippen molar-refractivity contribution in [1.29, 1.82) is 0 Å². The zero-order chi connectivity index (χ0) is 20.8. The molecule has 1 aliphatic rings. The van der Waals surface area contributed by atoms with Crippen molar-refractivity contribution in [3.05, 3.63) is 54.5 Å². The van der Waals surface area contributed by atoms with E-state index in [1.54, 1.807) is 13.8 Å². The molecule has 2 heterocycles. The van der Waals surface area contributed by atoms with Crippen LogP contribution in [0.15, 0.2) is 48.9 Å². The molecule has 1 aromatic carbocycles. The lowest BCUT2D eigenvalue weighted by molar-refractivity contribution is 0.534. The van der Waals surface area contributed by atoms with E-state index in [9.17, 15) is 8.42 Å². The molecule has 0 unspecified atom stereocenters. The molecule has 0 spiro atoms. The first-order chi connectivity index (χ1) is 13.8. The molecule has 154 valence electrons. The van der Waals surface area contributed by atoms with Gasteiger partial charge >= 0.3 is 0 Å². The van der Waals surface area contributed by atoms with Gasteiger partial charge in [-0.05, 0) is 61.1 Å². The van der Waals surface area contributed by atoms with Gasteiger partial charge in [0.25, 0.3) is 0 Å². The first kappa shape index (κ1) is 20.1. The van der Waals surface area contributed by atoms with Gasteiger partial charge in [-0.25, -0.2) is 13.1 Å². The fourth-order valence-electron chi connectivity index (χ4n) is 3.90. The van der Waals surface area contributed by atoms with E-state index in [1.165, 1.54) is 22.0 Å². The number of fused-ring (bicyclic) bond motifs is 1. The lowest BCUT2D eigenvalue weighted by atomic mass is 10.0. The Kier molecular flexibility index (Phi) is 5.25. The van der Waals surface area contributed by atoms with Gasteiger partial charge in [0, 0.05) is 48.0 Å². The summed E-state index contributed by atoms with van der Waals surface area (Å²) in [5.74, 6) is 0.767. The average Bonchev–Trinajstić information content (AvgIpc) is 3.33. The fourth-order valence-corrected chi connectivity index (χ4v) is 4.85. The Bertz CT molecular complexity index is 1120. The van der Waals surface area contributed by atoms with Crippen LogP contribution in [0.1, 0.15) is 45.6 Å². The van der Waals surface area contributed by atoms with Crippen LogP contribution in [0.25, 0.3) is 22.0 Å². The van der Waals surface area contributed by atoms with Crippen molar-refractivity contribution < 1.29 is 8.42 Å². The Morgan fingerprint density at radius 2 is 1.83 bits per heavy atom. The summed E-state index contributed by atoms with van der Waals surface area (Å²) in [6.07, 6.45) is 6.72. The molecule has 1 aliphatic carbocycles. The van der Waals surface area contributed by atoms with E-state index in [0.717, 1.165) is 18.5 Å². The van der Waals surface area contributed by atoms with Crippen LogP contribution in [0, 0.1) is 5.92 Å². The van der Waals surface area contributed by atoms with Gasteiger partial charge in [0.2, 0.25) is 10.0 Å². The van der Waals surface area contributed by atoms with E-state index in [4.69, 9.17) is 0 Å². The van der Waals surface area contributed by atoms with Crippen LogP contribution in [0.4, 0.5) is 0 Å². The second-order valence-electron chi connectivity index (χ2n) is 8.76. The first-order valence-corrected chi connectivity index (χ1v) is 11.8. The Labute approximate surface area is 173 Å². The lowest BCUT2D eigenvalue weighted by Crippen LogP contribution is -2.33. The smallest absolute Gasteiger partial charge is 0.214 e. The van der Waals surface area contributed by atoms with Gasteiger partial charge in [-0.1, -0.05) is 26.0 Å². The molecule has 0 bridgehead atoms. The number of hydrogen-bond acceptors (Lipinski definition) is 3. The maximum absolute atomic E-state index is 12.3. The molecule has 29 heavy (non-hydrogen) atoms. The van der Waals surface area contributed by atoms with Crippen LogP contribution in [0.5, 0.6) is 0 Å². The van der Waals surface area contributed by atoms with E-state index >= 15 is 0 Å². The molecule has 5 nitrogen and oxygen atoms in total. The van der Waals surface area contributed by atoms with Crippen LogP contribution in [0.2, 0.25) is 0 Å². The van der Waals surface area contributed by atoms with Gasteiger partial charge in [0.15, 0.2) is 0 Å². The Hall–Kier alpha value is -2.18. The number of benzene rings is 1. The minimum absolute atomic E-state index is 0.000347. The maximum Gasteiger partial charge on any atom is 0.214 e. The number of nitrogens with zero attached hydrogens (tertiary/aromatic N) is 2. The molecule has 2 atom stereocenters. The maximum atomic E-state index is 12.3. The summed E-state index contributed by atoms with van der Waals surface area (Å²) >= 11 is 0. The average molecular weight is 412 g/mol. The van der Waals surface area contributed by atoms with Crippen LogP contribution in [-0.2, 0) is 16.6 Å². The van der Waals surface area contributed by atoms with Gasteiger partial charge in [-0.15, -0.1) is 0 Å². The van der Waals surface area contributed by atoms with Crippen LogP contribution < -0.4 is 4.72 Å². The predicted octanol–water partition coefficient (Wildman–Crippen LogP) is 4.54. The fraction of sp³-hybridized carbons (Fsp3) is 0.435. The summed E-state index contributed by atoms with van der Waals surface area (Å²) in [7, 11) is -3.25. The van der Waals surface area contributed by atoms with E-state index in [1.807, 2.05) is 24.5 Å². The van der Waals surface area contributed by atoms with Crippen molar-refractivity contribution >= 4 is 20.9 Å². The Morgan fingerprint density at radius 1 is 1.10 bits per heavy atom. The summed E-state index contributed by atoms with van der Waals surface area (Å²) in [6, 6.07) is 10.6. The van der Waals surface area contributed by atoms with Gasteiger partial charge in [0.05, 0.1) is 5.25 Å². The quantitative estimate of drug-likeness (QED) is 0.621. The highest BCUT2D eigenvalue weighted by Crippen LogP contribution is 2.45.